The quantitative estimate of drug-likeness (QED) is 0.520. The third kappa shape index (κ3) is 1.62. The van der Waals surface area contributed by atoms with Crippen LogP contribution in [0.15, 0.2) is 30.0 Å². The van der Waals surface area contributed by atoms with Crippen LogP contribution < -0.4 is 0 Å². The van der Waals surface area contributed by atoms with Crippen molar-refractivity contribution in [2.24, 2.45) is 0 Å². The Kier molecular flexibility index (Phi) is 2.58. The van der Waals surface area contributed by atoms with Crippen molar-refractivity contribution in [1.82, 2.24) is 9.97 Å². The number of fused-ring (bicyclic) bond motifs is 1. The molecule has 0 amide bonds. The fourth-order valence-electron chi connectivity index (χ4n) is 1.40. The Balaban J connectivity index is 2.60. The number of aliphatic hydroxyl groups excluding tert-OH is 2. The van der Waals surface area contributed by atoms with Gasteiger partial charge in [0, 0.05) is 0 Å². The summed E-state index contributed by atoms with van der Waals surface area (Å²) in [5, 5.41) is 27.0. The zero-order valence-corrected chi connectivity index (χ0v) is 8.31. The average Bonchev–Trinajstić information content (AvgIpc) is 2.72. The number of aliphatic hydroxyl groups is 2. The lowest BCUT2D eigenvalue weighted by atomic mass is 10.2. The Morgan fingerprint density at radius 2 is 2.19 bits per heavy atom. The highest BCUT2D eigenvalue weighted by Crippen LogP contribution is 2.18. The molecule has 0 fully saturated rings. The molecule has 0 aliphatic rings. The highest BCUT2D eigenvalue weighted by Gasteiger charge is 2.11. The molecule has 0 aliphatic carbocycles. The Morgan fingerprint density at radius 1 is 1.44 bits per heavy atom. The Labute approximate surface area is 91.3 Å². The zero-order chi connectivity index (χ0) is 11.5. The van der Waals surface area contributed by atoms with Gasteiger partial charge in [-0.3, -0.25) is 0 Å². The maximum Gasteiger partial charge on any atom is 0.152 e. The number of hydrogen-bond acceptors (Lipinski definition) is 4. The molecule has 16 heavy (non-hydrogen) atoms. The number of allylic oxidation sites excluding steroid dienone is 1. The van der Waals surface area contributed by atoms with Crippen LogP contribution in [-0.4, -0.2) is 26.8 Å². The van der Waals surface area contributed by atoms with Crippen molar-refractivity contribution in [1.29, 1.82) is 5.26 Å². The molecule has 1 aromatic heterocycles. The van der Waals surface area contributed by atoms with Crippen LogP contribution in [0.3, 0.4) is 0 Å². The number of aromatic amines is 1. The molecule has 0 aliphatic heterocycles. The second kappa shape index (κ2) is 4.04. The van der Waals surface area contributed by atoms with Gasteiger partial charge in [-0.2, -0.15) is 5.26 Å². The van der Waals surface area contributed by atoms with Gasteiger partial charge in [0.15, 0.2) is 5.82 Å². The number of nitrogens with zero attached hydrogens (tertiary/aromatic N) is 2. The van der Waals surface area contributed by atoms with Crippen molar-refractivity contribution in [3.8, 4) is 6.07 Å². The molecule has 0 saturated heterocycles. The molecule has 0 saturated carbocycles. The van der Waals surface area contributed by atoms with Crippen molar-refractivity contribution >= 4 is 16.6 Å². The molecule has 3 N–H and O–H groups in total. The predicted molar refractivity (Wildman–Crippen MR) is 58.3 cm³/mol. The maximum absolute atomic E-state index is 9.34. The lowest BCUT2D eigenvalue weighted by Gasteiger charge is -1.96. The lowest BCUT2D eigenvalue weighted by Crippen LogP contribution is -1.95. The van der Waals surface area contributed by atoms with Gasteiger partial charge in [0.1, 0.15) is 24.0 Å². The molecule has 1 aromatic carbocycles. The van der Waals surface area contributed by atoms with Gasteiger partial charge in [0.05, 0.1) is 11.0 Å². The van der Waals surface area contributed by atoms with Crippen LogP contribution in [0.4, 0.5) is 0 Å². The van der Waals surface area contributed by atoms with Crippen LogP contribution in [0, 0.1) is 11.3 Å². The maximum atomic E-state index is 9.34. The Bertz CT molecular complexity index is 560. The van der Waals surface area contributed by atoms with Gasteiger partial charge < -0.3 is 15.2 Å². The van der Waals surface area contributed by atoms with Crippen LogP contribution in [0.25, 0.3) is 16.6 Å². The first-order valence-electron chi connectivity index (χ1n) is 4.64. The van der Waals surface area contributed by atoms with Crippen LogP contribution in [0.1, 0.15) is 5.82 Å². The molecule has 5 heteroatoms. The number of benzene rings is 1. The zero-order valence-electron chi connectivity index (χ0n) is 8.31. The third-order valence-electron chi connectivity index (χ3n) is 2.18. The number of para-hydroxylation sites is 2. The van der Waals surface area contributed by atoms with Gasteiger partial charge in [0.2, 0.25) is 0 Å². The highest BCUT2D eigenvalue weighted by atomic mass is 16.3. The van der Waals surface area contributed by atoms with E-state index in [1.165, 1.54) is 0 Å². The number of aromatic nitrogens is 2. The summed E-state index contributed by atoms with van der Waals surface area (Å²) in [5.41, 5.74) is 1.44. The van der Waals surface area contributed by atoms with E-state index in [1.54, 1.807) is 12.1 Å². The molecule has 0 unspecified atom stereocenters. The van der Waals surface area contributed by atoms with Gasteiger partial charge in [-0.15, -0.1) is 0 Å². The fraction of sp³-hybridized carbons (Fsp3) is 0.0909. The smallest absolute Gasteiger partial charge is 0.152 e. The van der Waals surface area contributed by atoms with Crippen LogP contribution in [0.5, 0.6) is 0 Å². The normalized spacial score (nSPS) is 12.2. The highest BCUT2D eigenvalue weighted by molar-refractivity contribution is 5.82. The van der Waals surface area contributed by atoms with E-state index < -0.39 is 6.61 Å². The average molecular weight is 215 g/mol. The Hall–Kier alpha value is -2.32. The molecule has 2 rings (SSSR count). The van der Waals surface area contributed by atoms with Crippen molar-refractivity contribution in [2.45, 2.75) is 0 Å². The molecule has 5 nitrogen and oxygen atoms in total. The summed E-state index contributed by atoms with van der Waals surface area (Å²) in [5.74, 6) is -0.128. The van der Waals surface area contributed by atoms with Crippen molar-refractivity contribution < 1.29 is 10.2 Å². The molecule has 0 atom stereocenters. The molecular weight excluding hydrogens is 206 g/mol. The van der Waals surface area contributed by atoms with E-state index in [-0.39, 0.29) is 17.2 Å². The first-order valence-corrected chi connectivity index (χ1v) is 4.64. The topological polar surface area (TPSA) is 92.9 Å². The summed E-state index contributed by atoms with van der Waals surface area (Å²) in [6.45, 7) is -0.583. The summed E-state index contributed by atoms with van der Waals surface area (Å²) in [6.07, 6.45) is 0. The number of rotatable bonds is 2. The van der Waals surface area contributed by atoms with Gasteiger partial charge in [-0.1, -0.05) is 12.1 Å². The number of nitrogens with one attached hydrogen (secondary N) is 1. The summed E-state index contributed by atoms with van der Waals surface area (Å²) in [6, 6.07) is 9.08. The van der Waals surface area contributed by atoms with Gasteiger partial charge in [-0.25, -0.2) is 4.98 Å². The van der Waals surface area contributed by atoms with E-state index >= 15 is 0 Å². The van der Waals surface area contributed by atoms with Gasteiger partial charge in [-0.05, 0) is 12.1 Å². The van der Waals surface area contributed by atoms with E-state index in [9.17, 15) is 5.11 Å². The van der Waals surface area contributed by atoms with Crippen molar-refractivity contribution in [2.75, 3.05) is 6.61 Å². The second-order valence-corrected chi connectivity index (χ2v) is 3.19. The predicted octanol–water partition coefficient (Wildman–Crippen LogP) is 1.35. The molecule has 0 bridgehead atoms. The molecule has 80 valence electrons. The number of hydrogen-bond donors (Lipinski definition) is 3. The molecule has 2 aromatic rings. The largest absolute Gasteiger partial charge is 0.508 e. The third-order valence-corrected chi connectivity index (χ3v) is 2.18. The van der Waals surface area contributed by atoms with E-state index in [0.29, 0.717) is 5.52 Å². The molecule has 0 radical (unpaired) electrons. The van der Waals surface area contributed by atoms with E-state index in [0.717, 1.165) is 5.52 Å². The van der Waals surface area contributed by atoms with Crippen LogP contribution in [-0.2, 0) is 0 Å². The number of imidazole rings is 1. The molecular formula is C11H9N3O2. The summed E-state index contributed by atoms with van der Waals surface area (Å²) < 4.78 is 0. The monoisotopic (exact) mass is 215 g/mol. The van der Waals surface area contributed by atoms with E-state index in [4.69, 9.17) is 10.4 Å². The van der Waals surface area contributed by atoms with E-state index in [1.807, 2.05) is 18.2 Å². The lowest BCUT2D eigenvalue weighted by molar-refractivity contribution is 0.255. The number of H-pyrrole nitrogens is 1. The second-order valence-electron chi connectivity index (χ2n) is 3.19. The summed E-state index contributed by atoms with van der Waals surface area (Å²) in [7, 11) is 0. The minimum Gasteiger partial charge on any atom is -0.508 e. The van der Waals surface area contributed by atoms with Crippen LogP contribution >= 0.6 is 0 Å². The minimum atomic E-state index is -0.583. The Morgan fingerprint density at radius 3 is 2.81 bits per heavy atom. The van der Waals surface area contributed by atoms with Gasteiger partial charge >= 0.3 is 0 Å². The first-order chi connectivity index (χ1) is 7.76. The van der Waals surface area contributed by atoms with Crippen LogP contribution in [0.2, 0.25) is 0 Å². The van der Waals surface area contributed by atoms with E-state index in [2.05, 4.69) is 9.97 Å². The number of nitriles is 1. The summed E-state index contributed by atoms with van der Waals surface area (Å²) >= 11 is 0. The molecule has 0 spiro atoms. The SMILES string of the molecule is N#C/C(=C(/O)CO)c1nc2ccccc2[nH]1. The van der Waals surface area contributed by atoms with Crippen molar-refractivity contribution in [3.63, 3.8) is 0 Å². The molecule has 1 heterocycles. The minimum absolute atomic E-state index is 0.0429. The standard InChI is InChI=1S/C11H9N3O2/c12-5-7(10(16)6-15)11-13-8-3-1-2-4-9(8)14-11/h1-4,15-16H,6H2,(H,13,14)/b10-7-. The van der Waals surface area contributed by atoms with Crippen molar-refractivity contribution in [3.05, 3.63) is 35.8 Å². The first kappa shape index (κ1) is 10.2. The van der Waals surface area contributed by atoms with Gasteiger partial charge in [0.25, 0.3) is 0 Å². The summed E-state index contributed by atoms with van der Waals surface area (Å²) in [4.78, 5) is 7.05. The fourth-order valence-corrected chi connectivity index (χ4v) is 1.40.